The van der Waals surface area contributed by atoms with Gasteiger partial charge in [0.1, 0.15) is 0 Å². The van der Waals surface area contributed by atoms with Gasteiger partial charge >= 0.3 is 0 Å². The molecule has 18 heavy (non-hydrogen) atoms. The normalized spacial score (nSPS) is 31.9. The van der Waals surface area contributed by atoms with E-state index in [9.17, 15) is 9.59 Å². The van der Waals surface area contributed by atoms with Crippen molar-refractivity contribution in [2.45, 2.75) is 33.6 Å². The molecule has 0 spiro atoms. The second-order valence-electron chi connectivity index (χ2n) is 6.30. The Morgan fingerprint density at radius 3 is 2.17 bits per heavy atom. The minimum atomic E-state index is -0.495. The van der Waals surface area contributed by atoms with Gasteiger partial charge in [0, 0.05) is 12.0 Å². The van der Waals surface area contributed by atoms with E-state index in [1.54, 1.807) is 0 Å². The summed E-state index contributed by atoms with van der Waals surface area (Å²) in [6.07, 6.45) is 1.67. The van der Waals surface area contributed by atoms with Gasteiger partial charge in [-0.25, -0.2) is 0 Å². The number of fused-ring (bicyclic) bond motifs is 1. The van der Waals surface area contributed by atoms with Crippen LogP contribution in [0.1, 0.15) is 33.6 Å². The standard InChI is InChI=1S/C13H20N2O2S/c1-7-4-8-9(5-7)11(17)15(10(8)16)6-13(2,3)12(14)18/h7-9H,4-6H2,1-3H3,(H2,14,18). The van der Waals surface area contributed by atoms with Crippen LogP contribution in [-0.2, 0) is 9.59 Å². The number of nitrogens with zero attached hydrogens (tertiary/aromatic N) is 1. The van der Waals surface area contributed by atoms with Gasteiger partial charge in [0.2, 0.25) is 11.8 Å². The molecule has 1 aliphatic carbocycles. The summed E-state index contributed by atoms with van der Waals surface area (Å²) < 4.78 is 0. The Morgan fingerprint density at radius 1 is 1.33 bits per heavy atom. The molecular weight excluding hydrogens is 248 g/mol. The minimum absolute atomic E-state index is 0.0290. The van der Waals surface area contributed by atoms with E-state index in [-0.39, 0.29) is 23.7 Å². The van der Waals surface area contributed by atoms with Crippen LogP contribution in [0.5, 0.6) is 0 Å². The molecule has 2 unspecified atom stereocenters. The Hall–Kier alpha value is -0.970. The van der Waals surface area contributed by atoms with Crippen molar-refractivity contribution in [2.24, 2.45) is 28.9 Å². The second kappa shape index (κ2) is 4.30. The summed E-state index contributed by atoms with van der Waals surface area (Å²) in [4.78, 5) is 26.2. The third-order valence-electron chi connectivity index (χ3n) is 4.19. The molecule has 2 fully saturated rings. The van der Waals surface area contributed by atoms with Crippen molar-refractivity contribution in [1.82, 2.24) is 4.90 Å². The molecular formula is C13H20N2O2S. The van der Waals surface area contributed by atoms with Gasteiger partial charge in [-0.3, -0.25) is 14.5 Å². The second-order valence-corrected chi connectivity index (χ2v) is 6.74. The Bertz CT molecular complexity index is 395. The number of rotatable bonds is 3. The van der Waals surface area contributed by atoms with Gasteiger partial charge in [-0.2, -0.15) is 0 Å². The van der Waals surface area contributed by atoms with Crippen molar-refractivity contribution in [2.75, 3.05) is 6.54 Å². The van der Waals surface area contributed by atoms with Gasteiger partial charge in [0.05, 0.1) is 16.8 Å². The van der Waals surface area contributed by atoms with E-state index in [0.29, 0.717) is 17.5 Å². The minimum Gasteiger partial charge on any atom is -0.393 e. The fraction of sp³-hybridized carbons (Fsp3) is 0.769. The molecule has 5 heteroatoms. The van der Waals surface area contributed by atoms with Crippen LogP contribution in [0.15, 0.2) is 0 Å². The van der Waals surface area contributed by atoms with Crippen LogP contribution >= 0.6 is 12.2 Å². The van der Waals surface area contributed by atoms with E-state index < -0.39 is 5.41 Å². The molecule has 1 saturated heterocycles. The Morgan fingerprint density at radius 2 is 1.78 bits per heavy atom. The molecule has 0 aromatic rings. The number of carbonyl (C=O) groups is 2. The van der Waals surface area contributed by atoms with Crippen LogP contribution in [0.3, 0.4) is 0 Å². The molecule has 0 bridgehead atoms. The number of carbonyl (C=O) groups excluding carboxylic acids is 2. The molecule has 1 saturated carbocycles. The summed E-state index contributed by atoms with van der Waals surface area (Å²) in [5.41, 5.74) is 5.16. The van der Waals surface area contributed by atoms with Gasteiger partial charge in [-0.05, 0) is 18.8 Å². The van der Waals surface area contributed by atoms with Crippen molar-refractivity contribution in [3.05, 3.63) is 0 Å². The highest BCUT2D eigenvalue weighted by Gasteiger charge is 2.52. The molecule has 2 rings (SSSR count). The summed E-state index contributed by atoms with van der Waals surface area (Å²) >= 11 is 4.99. The van der Waals surface area contributed by atoms with Crippen LogP contribution in [0.4, 0.5) is 0 Å². The van der Waals surface area contributed by atoms with Crippen LogP contribution in [-0.4, -0.2) is 28.2 Å². The number of amides is 2. The van der Waals surface area contributed by atoms with E-state index in [1.165, 1.54) is 4.90 Å². The van der Waals surface area contributed by atoms with Crippen molar-refractivity contribution < 1.29 is 9.59 Å². The molecule has 100 valence electrons. The number of nitrogens with two attached hydrogens (primary N) is 1. The first-order chi connectivity index (χ1) is 8.24. The van der Waals surface area contributed by atoms with Gasteiger partial charge < -0.3 is 5.73 Å². The maximum absolute atomic E-state index is 12.3. The van der Waals surface area contributed by atoms with E-state index in [0.717, 1.165) is 12.8 Å². The first kappa shape index (κ1) is 13.5. The molecule has 1 aliphatic heterocycles. The third kappa shape index (κ3) is 2.05. The highest BCUT2D eigenvalue weighted by atomic mass is 32.1. The lowest BCUT2D eigenvalue weighted by atomic mass is 9.92. The molecule has 2 atom stereocenters. The van der Waals surface area contributed by atoms with Gasteiger partial charge in [0.25, 0.3) is 0 Å². The maximum atomic E-state index is 12.3. The maximum Gasteiger partial charge on any atom is 0.233 e. The van der Waals surface area contributed by atoms with Crippen LogP contribution in [0.2, 0.25) is 0 Å². The summed E-state index contributed by atoms with van der Waals surface area (Å²) in [6.45, 7) is 6.14. The Balaban J connectivity index is 2.15. The van der Waals surface area contributed by atoms with Gasteiger partial charge in [-0.1, -0.05) is 33.0 Å². The zero-order valence-corrected chi connectivity index (χ0v) is 11.9. The Labute approximate surface area is 113 Å². The molecule has 4 nitrogen and oxygen atoms in total. The lowest BCUT2D eigenvalue weighted by Crippen LogP contribution is -2.45. The molecule has 0 aromatic heterocycles. The number of imide groups is 1. The smallest absolute Gasteiger partial charge is 0.233 e. The molecule has 2 aliphatic rings. The molecule has 2 amide bonds. The summed E-state index contributed by atoms with van der Waals surface area (Å²) in [6, 6.07) is 0. The number of thiocarbonyl (C=S) groups is 1. The number of hydrogen-bond acceptors (Lipinski definition) is 3. The average molecular weight is 268 g/mol. The van der Waals surface area contributed by atoms with E-state index in [4.69, 9.17) is 18.0 Å². The predicted molar refractivity (Wildman–Crippen MR) is 72.7 cm³/mol. The van der Waals surface area contributed by atoms with Crippen LogP contribution < -0.4 is 5.73 Å². The fourth-order valence-corrected chi connectivity index (χ4v) is 3.04. The molecule has 0 aromatic carbocycles. The van der Waals surface area contributed by atoms with Gasteiger partial charge in [-0.15, -0.1) is 0 Å². The summed E-state index contributed by atoms with van der Waals surface area (Å²) in [5, 5.41) is 0. The predicted octanol–water partition coefficient (Wildman–Crippen LogP) is 1.33. The quantitative estimate of drug-likeness (QED) is 0.619. The third-order valence-corrected chi connectivity index (χ3v) is 4.74. The van der Waals surface area contributed by atoms with Gasteiger partial charge in [0.15, 0.2) is 0 Å². The van der Waals surface area contributed by atoms with Crippen molar-refractivity contribution >= 4 is 29.0 Å². The van der Waals surface area contributed by atoms with E-state index >= 15 is 0 Å². The molecule has 1 heterocycles. The van der Waals surface area contributed by atoms with E-state index in [1.807, 2.05) is 13.8 Å². The zero-order valence-electron chi connectivity index (χ0n) is 11.1. The first-order valence-corrected chi connectivity index (χ1v) is 6.80. The largest absolute Gasteiger partial charge is 0.393 e. The zero-order chi connectivity index (χ0) is 13.7. The average Bonchev–Trinajstić information content (AvgIpc) is 2.73. The lowest BCUT2D eigenvalue weighted by molar-refractivity contribution is -0.141. The first-order valence-electron chi connectivity index (χ1n) is 6.39. The lowest BCUT2D eigenvalue weighted by Gasteiger charge is -2.28. The van der Waals surface area contributed by atoms with Crippen LogP contribution in [0, 0.1) is 23.2 Å². The summed E-state index contributed by atoms with van der Waals surface area (Å²) in [7, 11) is 0. The number of likely N-dealkylation sites (tertiary alicyclic amines) is 1. The van der Waals surface area contributed by atoms with Crippen LogP contribution in [0.25, 0.3) is 0 Å². The summed E-state index contributed by atoms with van der Waals surface area (Å²) in [5.74, 6) is 0.209. The Kier molecular flexibility index (Phi) is 3.21. The van der Waals surface area contributed by atoms with Crippen molar-refractivity contribution in [1.29, 1.82) is 0 Å². The van der Waals surface area contributed by atoms with Crippen molar-refractivity contribution in [3.63, 3.8) is 0 Å². The highest BCUT2D eigenvalue weighted by molar-refractivity contribution is 7.80. The SMILES string of the molecule is CC1CC2C(=O)N(CC(C)(C)C(N)=S)C(=O)C2C1. The number of hydrogen-bond donors (Lipinski definition) is 1. The molecule has 2 N–H and O–H groups in total. The van der Waals surface area contributed by atoms with Crippen molar-refractivity contribution in [3.8, 4) is 0 Å². The fourth-order valence-electron chi connectivity index (χ4n) is 2.98. The topological polar surface area (TPSA) is 63.4 Å². The molecule has 0 radical (unpaired) electrons. The van der Waals surface area contributed by atoms with E-state index in [2.05, 4.69) is 6.92 Å². The monoisotopic (exact) mass is 268 g/mol. The highest BCUT2D eigenvalue weighted by Crippen LogP contribution is 2.43.